The number of carbonyl (C=O) groups excluding carboxylic acids is 1. The van der Waals surface area contributed by atoms with E-state index in [1.807, 2.05) is 67.3 Å². The van der Waals surface area contributed by atoms with Gasteiger partial charge in [-0.2, -0.15) is 5.10 Å². The van der Waals surface area contributed by atoms with Gasteiger partial charge in [-0.25, -0.2) is 4.68 Å². The zero-order valence-corrected chi connectivity index (χ0v) is 18.2. The van der Waals surface area contributed by atoms with Crippen LogP contribution in [0.4, 0.5) is 0 Å². The molecule has 1 amide bonds. The largest absolute Gasteiger partial charge is 0.497 e. The SMILES string of the molecule is COc1ccc(OC)c(-c2nn(-c3ccccc3)cc2C(=O)N2CC(C)OC(C)C2)c1. The van der Waals surface area contributed by atoms with Crippen molar-refractivity contribution in [3.8, 4) is 28.4 Å². The highest BCUT2D eigenvalue weighted by atomic mass is 16.5. The van der Waals surface area contributed by atoms with E-state index in [-0.39, 0.29) is 18.1 Å². The molecule has 0 aliphatic carbocycles. The summed E-state index contributed by atoms with van der Waals surface area (Å²) in [4.78, 5) is 15.5. The summed E-state index contributed by atoms with van der Waals surface area (Å²) in [6.07, 6.45) is 1.75. The monoisotopic (exact) mass is 421 g/mol. The number of aromatic nitrogens is 2. The molecular weight excluding hydrogens is 394 g/mol. The molecule has 0 saturated carbocycles. The molecular formula is C24H27N3O4. The summed E-state index contributed by atoms with van der Waals surface area (Å²) >= 11 is 0. The number of amides is 1. The first kappa shape index (κ1) is 20.9. The van der Waals surface area contributed by atoms with Gasteiger partial charge >= 0.3 is 0 Å². The molecule has 7 nitrogen and oxygen atoms in total. The highest BCUT2D eigenvalue weighted by molar-refractivity contribution is 6.00. The zero-order valence-electron chi connectivity index (χ0n) is 18.2. The molecule has 1 saturated heterocycles. The lowest BCUT2D eigenvalue weighted by Crippen LogP contribution is -2.48. The summed E-state index contributed by atoms with van der Waals surface area (Å²) in [5.74, 6) is 1.21. The number of methoxy groups -OCH3 is 2. The Morgan fingerprint density at radius 3 is 2.39 bits per heavy atom. The van der Waals surface area contributed by atoms with Crippen LogP contribution in [-0.2, 0) is 4.74 Å². The Labute approximate surface area is 182 Å². The van der Waals surface area contributed by atoms with Crippen LogP contribution in [0.25, 0.3) is 16.9 Å². The summed E-state index contributed by atoms with van der Waals surface area (Å²) in [7, 11) is 3.21. The maximum Gasteiger partial charge on any atom is 0.257 e. The fourth-order valence-electron chi connectivity index (χ4n) is 3.96. The van der Waals surface area contributed by atoms with Gasteiger partial charge < -0.3 is 19.1 Å². The van der Waals surface area contributed by atoms with Crippen LogP contribution in [0.1, 0.15) is 24.2 Å². The first-order valence-electron chi connectivity index (χ1n) is 10.3. The molecule has 0 N–H and O–H groups in total. The van der Waals surface area contributed by atoms with Crippen molar-refractivity contribution < 1.29 is 19.0 Å². The van der Waals surface area contributed by atoms with Crippen molar-refractivity contribution in [2.24, 2.45) is 0 Å². The van der Waals surface area contributed by atoms with E-state index >= 15 is 0 Å². The predicted octanol–water partition coefficient (Wildman–Crippen LogP) is 3.81. The summed E-state index contributed by atoms with van der Waals surface area (Å²) in [6, 6.07) is 15.2. The lowest BCUT2D eigenvalue weighted by Gasteiger charge is -2.35. The molecule has 0 spiro atoms. The third-order valence-electron chi connectivity index (χ3n) is 5.33. The molecule has 2 unspecified atom stereocenters. The van der Waals surface area contributed by atoms with E-state index in [0.717, 1.165) is 5.69 Å². The smallest absolute Gasteiger partial charge is 0.257 e. The Morgan fingerprint density at radius 2 is 1.74 bits per heavy atom. The van der Waals surface area contributed by atoms with Gasteiger partial charge in [0.1, 0.15) is 17.2 Å². The minimum Gasteiger partial charge on any atom is -0.497 e. The fourth-order valence-corrected chi connectivity index (χ4v) is 3.96. The highest BCUT2D eigenvalue weighted by Gasteiger charge is 2.30. The van der Waals surface area contributed by atoms with Crippen LogP contribution < -0.4 is 9.47 Å². The van der Waals surface area contributed by atoms with Crippen molar-refractivity contribution in [1.82, 2.24) is 14.7 Å². The molecule has 1 fully saturated rings. The molecule has 4 rings (SSSR count). The van der Waals surface area contributed by atoms with Crippen LogP contribution in [0.15, 0.2) is 54.7 Å². The van der Waals surface area contributed by atoms with Crippen LogP contribution >= 0.6 is 0 Å². The van der Waals surface area contributed by atoms with Crippen LogP contribution in [-0.4, -0.2) is 60.1 Å². The van der Waals surface area contributed by atoms with E-state index in [0.29, 0.717) is 41.4 Å². The van der Waals surface area contributed by atoms with E-state index in [1.54, 1.807) is 25.1 Å². The molecule has 162 valence electrons. The van der Waals surface area contributed by atoms with Crippen LogP contribution in [0.2, 0.25) is 0 Å². The molecule has 1 aliphatic heterocycles. The van der Waals surface area contributed by atoms with Crippen LogP contribution in [0.5, 0.6) is 11.5 Å². The second-order valence-corrected chi connectivity index (χ2v) is 7.71. The third kappa shape index (κ3) is 4.27. The van der Waals surface area contributed by atoms with Crippen molar-refractivity contribution in [1.29, 1.82) is 0 Å². The Balaban J connectivity index is 1.84. The Bertz CT molecular complexity index is 1050. The zero-order chi connectivity index (χ0) is 22.0. The lowest BCUT2D eigenvalue weighted by atomic mass is 10.0. The first-order valence-corrected chi connectivity index (χ1v) is 10.3. The van der Waals surface area contributed by atoms with E-state index in [2.05, 4.69) is 0 Å². The predicted molar refractivity (Wildman–Crippen MR) is 118 cm³/mol. The van der Waals surface area contributed by atoms with Crippen molar-refractivity contribution in [2.75, 3.05) is 27.3 Å². The Morgan fingerprint density at radius 1 is 1.03 bits per heavy atom. The molecule has 2 heterocycles. The van der Waals surface area contributed by atoms with Gasteiger partial charge in [0.15, 0.2) is 0 Å². The van der Waals surface area contributed by atoms with Crippen LogP contribution in [0.3, 0.4) is 0 Å². The molecule has 0 radical (unpaired) electrons. The van der Waals surface area contributed by atoms with E-state index in [4.69, 9.17) is 19.3 Å². The number of para-hydroxylation sites is 1. The van der Waals surface area contributed by atoms with Crippen molar-refractivity contribution in [3.05, 3.63) is 60.3 Å². The number of hydrogen-bond donors (Lipinski definition) is 0. The quantitative estimate of drug-likeness (QED) is 0.627. The minimum absolute atomic E-state index is 0.0216. The number of morpholine rings is 1. The number of ether oxygens (including phenoxy) is 3. The van der Waals surface area contributed by atoms with Gasteiger partial charge in [-0.1, -0.05) is 18.2 Å². The molecule has 31 heavy (non-hydrogen) atoms. The fraction of sp³-hybridized carbons (Fsp3) is 0.333. The van der Waals surface area contributed by atoms with Gasteiger partial charge in [-0.3, -0.25) is 4.79 Å². The van der Waals surface area contributed by atoms with Gasteiger partial charge in [-0.15, -0.1) is 0 Å². The second kappa shape index (κ2) is 8.81. The molecule has 7 heteroatoms. The maximum atomic E-state index is 13.6. The summed E-state index contributed by atoms with van der Waals surface area (Å²) < 4.78 is 18.5. The van der Waals surface area contributed by atoms with Gasteiger partial charge in [0.05, 0.1) is 37.7 Å². The van der Waals surface area contributed by atoms with Crippen LogP contribution in [0, 0.1) is 0 Å². The van der Waals surface area contributed by atoms with E-state index in [1.165, 1.54) is 0 Å². The second-order valence-electron chi connectivity index (χ2n) is 7.71. The summed E-state index contributed by atoms with van der Waals surface area (Å²) in [5.41, 5.74) is 2.63. The van der Waals surface area contributed by atoms with Gasteiger partial charge in [0.25, 0.3) is 5.91 Å². The molecule has 0 bridgehead atoms. The standard InChI is InChI=1S/C24H27N3O4/c1-16-13-26(14-17(2)31-16)24(28)21-15-27(18-8-6-5-7-9-18)25-23(21)20-12-19(29-3)10-11-22(20)30-4/h5-12,15-17H,13-14H2,1-4H3. The van der Waals surface area contributed by atoms with Gasteiger partial charge in [0, 0.05) is 24.8 Å². The number of carbonyl (C=O) groups is 1. The molecule has 2 atom stereocenters. The van der Waals surface area contributed by atoms with Gasteiger partial charge in [-0.05, 0) is 44.2 Å². The molecule has 3 aromatic rings. The number of hydrogen-bond acceptors (Lipinski definition) is 5. The average molecular weight is 421 g/mol. The first-order chi connectivity index (χ1) is 15.0. The third-order valence-corrected chi connectivity index (χ3v) is 5.33. The number of rotatable bonds is 5. The normalized spacial score (nSPS) is 18.6. The molecule has 2 aromatic carbocycles. The van der Waals surface area contributed by atoms with E-state index in [9.17, 15) is 4.79 Å². The molecule has 1 aromatic heterocycles. The number of benzene rings is 2. The van der Waals surface area contributed by atoms with E-state index < -0.39 is 0 Å². The van der Waals surface area contributed by atoms with Crippen molar-refractivity contribution in [2.45, 2.75) is 26.1 Å². The minimum atomic E-state index is -0.0796. The van der Waals surface area contributed by atoms with Crippen molar-refractivity contribution in [3.63, 3.8) is 0 Å². The lowest BCUT2D eigenvalue weighted by molar-refractivity contribution is -0.0586. The molecule has 1 aliphatic rings. The maximum absolute atomic E-state index is 13.6. The topological polar surface area (TPSA) is 65.8 Å². The Hall–Kier alpha value is -3.32. The summed E-state index contributed by atoms with van der Waals surface area (Å²) in [6.45, 7) is 5.04. The highest BCUT2D eigenvalue weighted by Crippen LogP contribution is 2.35. The van der Waals surface area contributed by atoms with Crippen molar-refractivity contribution >= 4 is 5.91 Å². The number of nitrogens with zero attached hydrogens (tertiary/aromatic N) is 3. The Kier molecular flexibility index (Phi) is 5.95. The average Bonchev–Trinajstić information content (AvgIpc) is 3.23. The van der Waals surface area contributed by atoms with Gasteiger partial charge in [0.2, 0.25) is 0 Å². The summed E-state index contributed by atoms with van der Waals surface area (Å²) in [5, 5.41) is 4.79.